The Kier molecular flexibility index (Phi) is 4.50. The van der Waals surface area contributed by atoms with Gasteiger partial charge in [-0.15, -0.1) is 11.3 Å². The molecule has 1 aromatic rings. The van der Waals surface area contributed by atoms with Crippen LogP contribution in [0.1, 0.15) is 58.1 Å². The highest BCUT2D eigenvalue weighted by molar-refractivity contribution is 7.14. The zero-order chi connectivity index (χ0) is 17.5. The largest absolute Gasteiger partial charge is 0.465 e. The number of halogens is 2. The van der Waals surface area contributed by atoms with Gasteiger partial charge >= 0.3 is 6.09 Å². The van der Waals surface area contributed by atoms with E-state index in [1.165, 1.54) is 11.3 Å². The number of hydrogen-bond donors (Lipinski definition) is 3. The number of hydrogen-bond acceptors (Lipinski definition) is 3. The highest BCUT2D eigenvalue weighted by Crippen LogP contribution is 2.44. The lowest BCUT2D eigenvalue weighted by Crippen LogP contribution is -2.40. The Labute approximate surface area is 142 Å². The van der Waals surface area contributed by atoms with Crippen molar-refractivity contribution >= 4 is 23.3 Å². The molecule has 0 saturated heterocycles. The second kappa shape index (κ2) is 6.31. The number of carbonyl (C=O) groups excluding carboxylic acids is 1. The van der Waals surface area contributed by atoms with Crippen molar-refractivity contribution in [3.8, 4) is 0 Å². The number of rotatable bonds is 4. The molecule has 24 heavy (non-hydrogen) atoms. The monoisotopic (exact) mass is 358 g/mol. The lowest BCUT2D eigenvalue weighted by Gasteiger charge is -2.28. The summed E-state index contributed by atoms with van der Waals surface area (Å²) >= 11 is 1.36. The number of nitrogens with one attached hydrogen (secondary N) is 2. The van der Waals surface area contributed by atoms with Gasteiger partial charge in [0.15, 0.2) is 0 Å². The quantitative estimate of drug-likeness (QED) is 0.771. The first-order chi connectivity index (χ1) is 11.2. The minimum atomic E-state index is -2.61. The summed E-state index contributed by atoms with van der Waals surface area (Å²) in [6.07, 6.45) is -0.0775. The topological polar surface area (TPSA) is 78.4 Å². The average Bonchev–Trinajstić information content (AvgIpc) is 3.11. The highest BCUT2D eigenvalue weighted by atomic mass is 32.1. The summed E-state index contributed by atoms with van der Waals surface area (Å²) in [6, 6.07) is 1.51. The van der Waals surface area contributed by atoms with Crippen molar-refractivity contribution in [2.24, 2.45) is 0 Å². The van der Waals surface area contributed by atoms with Crippen LogP contribution in [0, 0.1) is 6.92 Å². The molecule has 2 atom stereocenters. The predicted molar refractivity (Wildman–Crippen MR) is 86.0 cm³/mol. The molecule has 2 aliphatic carbocycles. The molecule has 3 N–H and O–H groups in total. The van der Waals surface area contributed by atoms with Crippen LogP contribution >= 0.6 is 11.3 Å². The molecule has 3 rings (SSSR count). The van der Waals surface area contributed by atoms with Crippen molar-refractivity contribution in [2.75, 3.05) is 0 Å². The maximum atomic E-state index is 13.2. The fraction of sp³-hybridized carbons (Fsp3) is 0.625. The van der Waals surface area contributed by atoms with Gasteiger partial charge in [0.05, 0.1) is 4.88 Å². The Morgan fingerprint density at radius 3 is 2.58 bits per heavy atom. The number of aryl methyl sites for hydroxylation is 1. The van der Waals surface area contributed by atoms with Gasteiger partial charge in [-0.05, 0) is 37.8 Å². The van der Waals surface area contributed by atoms with Crippen molar-refractivity contribution in [1.82, 2.24) is 10.6 Å². The van der Waals surface area contributed by atoms with Gasteiger partial charge in [-0.25, -0.2) is 13.6 Å². The summed E-state index contributed by atoms with van der Waals surface area (Å²) in [5, 5.41) is 14.0. The van der Waals surface area contributed by atoms with E-state index >= 15 is 0 Å². The summed E-state index contributed by atoms with van der Waals surface area (Å²) in [6.45, 7) is 1.91. The Bertz CT molecular complexity index is 652. The van der Waals surface area contributed by atoms with E-state index in [0.717, 1.165) is 16.9 Å². The Morgan fingerprint density at radius 1 is 1.29 bits per heavy atom. The standard InChI is InChI=1S/C16H20F2N2O3S/c1-8-10(11-6-12(11)20-15(22)23)7-13(24-8)14(21)19-9-2-4-16(17,18)5-3-9/h7,9,11-12,20H,2-6H2,1H3,(H,19,21)(H,22,23)/t11-,12+/m0/s1. The van der Waals surface area contributed by atoms with Crippen LogP contribution in [-0.4, -0.2) is 35.1 Å². The van der Waals surface area contributed by atoms with E-state index in [0.29, 0.717) is 17.7 Å². The van der Waals surface area contributed by atoms with E-state index < -0.39 is 12.0 Å². The highest BCUT2D eigenvalue weighted by Gasteiger charge is 2.41. The van der Waals surface area contributed by atoms with Crippen LogP contribution in [-0.2, 0) is 0 Å². The molecule has 0 radical (unpaired) electrons. The van der Waals surface area contributed by atoms with Crippen LogP contribution < -0.4 is 10.6 Å². The molecular weight excluding hydrogens is 338 g/mol. The molecule has 0 aliphatic heterocycles. The molecule has 1 heterocycles. The number of amides is 2. The second-order valence-corrected chi connectivity index (χ2v) is 7.88. The van der Waals surface area contributed by atoms with E-state index in [-0.39, 0.29) is 36.8 Å². The minimum Gasteiger partial charge on any atom is -0.465 e. The van der Waals surface area contributed by atoms with Gasteiger partial charge in [0.25, 0.3) is 5.91 Å². The van der Waals surface area contributed by atoms with Crippen LogP contribution in [0.3, 0.4) is 0 Å². The van der Waals surface area contributed by atoms with Crippen molar-refractivity contribution < 1.29 is 23.5 Å². The molecule has 0 unspecified atom stereocenters. The maximum Gasteiger partial charge on any atom is 0.404 e. The summed E-state index contributed by atoms with van der Waals surface area (Å²) in [5.41, 5.74) is 0.999. The maximum absolute atomic E-state index is 13.2. The van der Waals surface area contributed by atoms with Crippen molar-refractivity contribution in [3.05, 3.63) is 21.4 Å². The molecule has 132 valence electrons. The van der Waals surface area contributed by atoms with Gasteiger partial charge in [-0.1, -0.05) is 0 Å². The average molecular weight is 358 g/mol. The number of alkyl halides is 2. The molecule has 5 nitrogen and oxygen atoms in total. The summed E-state index contributed by atoms with van der Waals surface area (Å²) in [7, 11) is 0. The molecule has 2 fully saturated rings. The first-order valence-electron chi connectivity index (χ1n) is 8.03. The fourth-order valence-corrected chi connectivity index (χ4v) is 4.27. The molecular formula is C16H20F2N2O3S. The first-order valence-corrected chi connectivity index (χ1v) is 8.85. The summed E-state index contributed by atoms with van der Waals surface area (Å²) < 4.78 is 26.3. The lowest BCUT2D eigenvalue weighted by atomic mass is 9.92. The second-order valence-electron chi connectivity index (χ2n) is 6.62. The Balaban J connectivity index is 1.59. The molecule has 1 aromatic heterocycles. The number of carboxylic acid groups (broad SMARTS) is 1. The third kappa shape index (κ3) is 3.85. The minimum absolute atomic E-state index is 0.0905. The predicted octanol–water partition coefficient (Wildman–Crippen LogP) is 3.49. The van der Waals surface area contributed by atoms with E-state index in [2.05, 4.69) is 10.6 Å². The smallest absolute Gasteiger partial charge is 0.404 e. The van der Waals surface area contributed by atoms with Gasteiger partial charge in [0.1, 0.15) is 0 Å². The number of carbonyl (C=O) groups is 2. The zero-order valence-electron chi connectivity index (χ0n) is 13.3. The van der Waals surface area contributed by atoms with Crippen LogP contribution in [0.2, 0.25) is 0 Å². The van der Waals surface area contributed by atoms with Crippen LogP contribution in [0.4, 0.5) is 13.6 Å². The number of thiophene rings is 1. The Hall–Kier alpha value is -1.70. The summed E-state index contributed by atoms with van der Waals surface area (Å²) in [5.74, 6) is -2.72. The van der Waals surface area contributed by atoms with Gasteiger partial charge in [0, 0.05) is 35.7 Å². The van der Waals surface area contributed by atoms with Gasteiger partial charge in [-0.3, -0.25) is 4.79 Å². The molecule has 2 amide bonds. The van der Waals surface area contributed by atoms with E-state index in [1.54, 1.807) is 6.07 Å². The summed E-state index contributed by atoms with van der Waals surface area (Å²) in [4.78, 5) is 24.6. The fourth-order valence-electron chi connectivity index (χ4n) is 3.27. The van der Waals surface area contributed by atoms with Gasteiger partial charge in [0.2, 0.25) is 5.92 Å². The van der Waals surface area contributed by atoms with E-state index in [1.807, 2.05) is 6.92 Å². The van der Waals surface area contributed by atoms with Crippen molar-refractivity contribution in [3.63, 3.8) is 0 Å². The molecule has 0 spiro atoms. The molecule has 0 bridgehead atoms. The lowest BCUT2D eigenvalue weighted by molar-refractivity contribution is -0.0399. The zero-order valence-corrected chi connectivity index (χ0v) is 14.1. The van der Waals surface area contributed by atoms with E-state index in [9.17, 15) is 18.4 Å². The first kappa shape index (κ1) is 17.1. The van der Waals surface area contributed by atoms with Gasteiger partial charge < -0.3 is 15.7 Å². The SMILES string of the molecule is Cc1sc(C(=O)NC2CCC(F)(F)CC2)cc1[C@@H]1C[C@H]1NC(=O)O. The third-order valence-electron chi connectivity index (χ3n) is 4.73. The van der Waals surface area contributed by atoms with Crippen LogP contribution in [0.25, 0.3) is 0 Å². The van der Waals surface area contributed by atoms with Crippen LogP contribution in [0.5, 0.6) is 0 Å². The van der Waals surface area contributed by atoms with E-state index in [4.69, 9.17) is 5.11 Å². The Morgan fingerprint density at radius 2 is 1.96 bits per heavy atom. The van der Waals surface area contributed by atoms with Crippen molar-refractivity contribution in [1.29, 1.82) is 0 Å². The van der Waals surface area contributed by atoms with Crippen LogP contribution in [0.15, 0.2) is 6.07 Å². The molecule has 0 aromatic carbocycles. The molecule has 2 aliphatic rings. The molecule has 2 saturated carbocycles. The third-order valence-corrected chi connectivity index (χ3v) is 5.80. The van der Waals surface area contributed by atoms with Crippen molar-refractivity contribution in [2.45, 2.75) is 63.0 Å². The normalized spacial score (nSPS) is 26.0. The van der Waals surface area contributed by atoms with Gasteiger partial charge in [-0.2, -0.15) is 0 Å². The molecule has 8 heteroatoms.